The third-order valence-corrected chi connectivity index (χ3v) is 6.68. The summed E-state index contributed by atoms with van der Waals surface area (Å²) in [5.41, 5.74) is 0.137. The van der Waals surface area contributed by atoms with Gasteiger partial charge in [-0.1, -0.05) is 55.8 Å². The van der Waals surface area contributed by atoms with Crippen molar-refractivity contribution in [2.24, 2.45) is 0 Å². The summed E-state index contributed by atoms with van der Waals surface area (Å²) in [6, 6.07) is 15.0. The van der Waals surface area contributed by atoms with E-state index in [-0.39, 0.29) is 23.4 Å². The van der Waals surface area contributed by atoms with E-state index < -0.39 is 5.60 Å². The van der Waals surface area contributed by atoms with Gasteiger partial charge >= 0.3 is 0 Å². The third-order valence-electron chi connectivity index (χ3n) is 6.45. The third kappa shape index (κ3) is 4.71. The second kappa shape index (κ2) is 8.68. The molecule has 0 bridgehead atoms. The summed E-state index contributed by atoms with van der Waals surface area (Å²) in [6.45, 7) is 5.23. The van der Waals surface area contributed by atoms with Crippen molar-refractivity contribution < 1.29 is 9.90 Å². The number of halogens is 1. The molecule has 1 saturated heterocycles. The van der Waals surface area contributed by atoms with Crippen LogP contribution in [-0.2, 0) is 16.8 Å². The van der Waals surface area contributed by atoms with Gasteiger partial charge in [-0.25, -0.2) is 4.98 Å². The number of amides is 1. The number of hydrogen-bond donors (Lipinski definition) is 1. The van der Waals surface area contributed by atoms with E-state index in [9.17, 15) is 14.7 Å². The second-order valence-electron chi connectivity index (χ2n) is 9.37. The van der Waals surface area contributed by atoms with Crippen molar-refractivity contribution in [1.29, 1.82) is 0 Å². The minimum Gasteiger partial charge on any atom is -0.388 e. The monoisotopic (exact) mass is 453 g/mol. The standard InChI is InChI=1S/C25H28ClN3O3/c1-24(2,18-6-4-3-5-7-18)15-22(30)28-12-10-25(32,11-13-28)16-29-17-27-21-14-19(26)8-9-20(21)23(29)31/h3-9,14,17,32H,10-13,15-16H2,1-2H3. The highest BCUT2D eigenvalue weighted by Crippen LogP contribution is 2.30. The van der Waals surface area contributed by atoms with Gasteiger partial charge in [-0.3, -0.25) is 14.2 Å². The van der Waals surface area contributed by atoms with Crippen LogP contribution in [0.15, 0.2) is 59.7 Å². The zero-order valence-corrected chi connectivity index (χ0v) is 19.2. The van der Waals surface area contributed by atoms with E-state index in [1.165, 1.54) is 10.9 Å². The minimum absolute atomic E-state index is 0.0855. The Kier molecular flexibility index (Phi) is 6.10. The fourth-order valence-electron chi connectivity index (χ4n) is 4.37. The molecule has 2 aromatic carbocycles. The highest BCUT2D eigenvalue weighted by atomic mass is 35.5. The Balaban J connectivity index is 1.41. The molecular formula is C25H28ClN3O3. The Bertz CT molecular complexity index is 1180. The quantitative estimate of drug-likeness (QED) is 0.638. The molecule has 168 valence electrons. The zero-order valence-electron chi connectivity index (χ0n) is 18.4. The highest BCUT2D eigenvalue weighted by Gasteiger charge is 2.36. The lowest BCUT2D eigenvalue weighted by molar-refractivity contribution is -0.137. The molecule has 1 amide bonds. The van der Waals surface area contributed by atoms with Crippen molar-refractivity contribution in [3.63, 3.8) is 0 Å². The Morgan fingerprint density at radius 1 is 1.16 bits per heavy atom. The first-order valence-electron chi connectivity index (χ1n) is 10.9. The van der Waals surface area contributed by atoms with E-state index in [1.807, 2.05) is 35.2 Å². The summed E-state index contributed by atoms with van der Waals surface area (Å²) in [4.78, 5) is 31.9. The van der Waals surface area contributed by atoms with Crippen LogP contribution in [0.2, 0.25) is 5.02 Å². The van der Waals surface area contributed by atoms with Gasteiger partial charge < -0.3 is 10.0 Å². The molecular weight excluding hydrogens is 426 g/mol. The number of piperidine rings is 1. The maximum atomic E-state index is 13.0. The van der Waals surface area contributed by atoms with Crippen molar-refractivity contribution in [2.45, 2.75) is 50.7 Å². The van der Waals surface area contributed by atoms with Gasteiger partial charge in [0.05, 0.1) is 29.4 Å². The molecule has 4 rings (SSSR count). The molecule has 1 aliphatic rings. The molecule has 0 saturated carbocycles. The molecule has 32 heavy (non-hydrogen) atoms. The van der Waals surface area contributed by atoms with Crippen LogP contribution in [0.5, 0.6) is 0 Å². The van der Waals surface area contributed by atoms with Crippen LogP contribution in [0.25, 0.3) is 10.9 Å². The van der Waals surface area contributed by atoms with E-state index in [0.29, 0.717) is 48.3 Å². The molecule has 1 aliphatic heterocycles. The fraction of sp³-hybridized carbons (Fsp3) is 0.400. The summed E-state index contributed by atoms with van der Waals surface area (Å²) in [6.07, 6.45) is 2.69. The Labute approximate surface area is 192 Å². The van der Waals surface area contributed by atoms with Crippen molar-refractivity contribution in [3.8, 4) is 0 Å². The van der Waals surface area contributed by atoms with Crippen LogP contribution < -0.4 is 5.56 Å². The van der Waals surface area contributed by atoms with E-state index in [1.54, 1.807) is 18.2 Å². The van der Waals surface area contributed by atoms with Crippen molar-refractivity contribution in [3.05, 3.63) is 75.8 Å². The number of nitrogens with zero attached hydrogens (tertiary/aromatic N) is 3. The molecule has 1 aromatic heterocycles. The Morgan fingerprint density at radius 2 is 1.84 bits per heavy atom. The number of carbonyl (C=O) groups excluding carboxylic acids is 1. The minimum atomic E-state index is -1.06. The number of likely N-dealkylation sites (tertiary alicyclic amines) is 1. The van der Waals surface area contributed by atoms with Crippen molar-refractivity contribution in [1.82, 2.24) is 14.5 Å². The smallest absolute Gasteiger partial charge is 0.261 e. The maximum absolute atomic E-state index is 13.0. The summed E-state index contributed by atoms with van der Waals surface area (Å²) >= 11 is 5.98. The molecule has 1 fully saturated rings. The normalized spacial score (nSPS) is 16.3. The molecule has 0 unspecified atom stereocenters. The van der Waals surface area contributed by atoms with E-state index in [4.69, 9.17) is 11.6 Å². The number of hydrogen-bond acceptors (Lipinski definition) is 4. The van der Waals surface area contributed by atoms with Gasteiger partial charge in [0.2, 0.25) is 5.91 Å². The van der Waals surface area contributed by atoms with Gasteiger partial charge in [0.1, 0.15) is 0 Å². The molecule has 0 spiro atoms. The number of aliphatic hydroxyl groups is 1. The molecule has 2 heterocycles. The van der Waals surface area contributed by atoms with Crippen LogP contribution in [-0.4, -0.2) is 44.2 Å². The summed E-state index contributed by atoms with van der Waals surface area (Å²) in [7, 11) is 0. The van der Waals surface area contributed by atoms with Gasteiger partial charge in [0.15, 0.2) is 0 Å². The molecule has 7 heteroatoms. The van der Waals surface area contributed by atoms with Crippen LogP contribution >= 0.6 is 11.6 Å². The lowest BCUT2D eigenvalue weighted by atomic mass is 9.81. The van der Waals surface area contributed by atoms with Crippen molar-refractivity contribution in [2.75, 3.05) is 13.1 Å². The van der Waals surface area contributed by atoms with Crippen molar-refractivity contribution >= 4 is 28.4 Å². The van der Waals surface area contributed by atoms with E-state index >= 15 is 0 Å². The van der Waals surface area contributed by atoms with Gasteiger partial charge in [-0.05, 0) is 42.0 Å². The largest absolute Gasteiger partial charge is 0.388 e. The lowest BCUT2D eigenvalue weighted by Gasteiger charge is -2.39. The van der Waals surface area contributed by atoms with Gasteiger partial charge in [-0.2, -0.15) is 0 Å². The van der Waals surface area contributed by atoms with Crippen LogP contribution in [0, 0.1) is 0 Å². The highest BCUT2D eigenvalue weighted by molar-refractivity contribution is 6.31. The van der Waals surface area contributed by atoms with Gasteiger partial charge in [-0.15, -0.1) is 0 Å². The van der Waals surface area contributed by atoms with Gasteiger partial charge in [0.25, 0.3) is 5.56 Å². The van der Waals surface area contributed by atoms with Crippen LogP contribution in [0.3, 0.4) is 0 Å². The number of rotatable bonds is 5. The first-order chi connectivity index (χ1) is 15.2. The summed E-state index contributed by atoms with van der Waals surface area (Å²) in [5, 5.41) is 12.1. The first-order valence-corrected chi connectivity index (χ1v) is 11.3. The molecule has 1 N–H and O–H groups in total. The topological polar surface area (TPSA) is 75.4 Å². The number of fused-ring (bicyclic) bond motifs is 1. The predicted molar refractivity (Wildman–Crippen MR) is 126 cm³/mol. The molecule has 0 aliphatic carbocycles. The lowest BCUT2D eigenvalue weighted by Crippen LogP contribution is -2.50. The average Bonchev–Trinajstić information content (AvgIpc) is 2.76. The Hall–Kier alpha value is -2.70. The maximum Gasteiger partial charge on any atom is 0.261 e. The Morgan fingerprint density at radius 3 is 2.53 bits per heavy atom. The van der Waals surface area contributed by atoms with Gasteiger partial charge in [0, 0.05) is 24.5 Å². The number of benzene rings is 2. The fourth-order valence-corrected chi connectivity index (χ4v) is 4.54. The van der Waals surface area contributed by atoms with Crippen LogP contribution in [0.1, 0.15) is 38.7 Å². The first kappa shape index (κ1) is 22.5. The van der Waals surface area contributed by atoms with E-state index in [0.717, 1.165) is 5.56 Å². The average molecular weight is 454 g/mol. The summed E-state index contributed by atoms with van der Waals surface area (Å²) in [5.74, 6) is 0.0855. The predicted octanol–water partition coefficient (Wildman–Crippen LogP) is 3.77. The number of carbonyl (C=O) groups is 1. The second-order valence-corrected chi connectivity index (χ2v) is 9.81. The van der Waals surface area contributed by atoms with Crippen LogP contribution in [0.4, 0.5) is 0 Å². The molecule has 0 atom stereocenters. The number of aromatic nitrogens is 2. The molecule has 0 radical (unpaired) electrons. The zero-order chi connectivity index (χ0) is 22.9. The summed E-state index contributed by atoms with van der Waals surface area (Å²) < 4.78 is 1.45. The molecule has 6 nitrogen and oxygen atoms in total. The van der Waals surface area contributed by atoms with E-state index in [2.05, 4.69) is 18.8 Å². The molecule has 3 aromatic rings. The SMILES string of the molecule is CC(C)(CC(=O)N1CCC(O)(Cn2cnc3cc(Cl)ccc3c2=O)CC1)c1ccccc1.